The zero-order valence-electron chi connectivity index (χ0n) is 17.6. The Balaban J connectivity index is 1.74. The van der Waals surface area contributed by atoms with Crippen molar-refractivity contribution in [1.82, 2.24) is 10.6 Å². The van der Waals surface area contributed by atoms with Crippen LogP contribution < -0.4 is 16.0 Å². The monoisotopic (exact) mass is 419 g/mol. The number of anilines is 1. The van der Waals surface area contributed by atoms with Crippen LogP contribution in [-0.4, -0.2) is 25.4 Å². The second-order valence-corrected chi connectivity index (χ2v) is 7.17. The van der Waals surface area contributed by atoms with E-state index in [0.717, 1.165) is 17.5 Å². The van der Waals surface area contributed by atoms with Gasteiger partial charge in [0.1, 0.15) is 5.82 Å². The maximum absolute atomic E-state index is 13.8. The quantitative estimate of drug-likeness (QED) is 0.516. The molecule has 0 aliphatic heterocycles. The summed E-state index contributed by atoms with van der Waals surface area (Å²) in [5.41, 5.74) is 3.87. The second kappa shape index (κ2) is 10.5. The smallest absolute Gasteiger partial charge is 0.251 e. The Morgan fingerprint density at radius 1 is 0.935 bits per heavy atom. The van der Waals surface area contributed by atoms with E-state index in [9.17, 15) is 14.0 Å². The first-order valence-electron chi connectivity index (χ1n) is 10.2. The number of amides is 2. The molecule has 0 aliphatic carbocycles. The highest BCUT2D eigenvalue weighted by molar-refractivity contribution is 5.97. The van der Waals surface area contributed by atoms with Gasteiger partial charge in [0, 0.05) is 18.3 Å². The number of benzene rings is 3. The molecule has 0 bridgehead atoms. The molecule has 0 saturated heterocycles. The lowest BCUT2D eigenvalue weighted by Crippen LogP contribution is -2.32. The van der Waals surface area contributed by atoms with Gasteiger partial charge in [-0.3, -0.25) is 14.9 Å². The van der Waals surface area contributed by atoms with E-state index in [1.54, 1.807) is 37.4 Å². The largest absolute Gasteiger partial charge is 0.355 e. The highest BCUT2D eigenvalue weighted by atomic mass is 19.1. The minimum atomic E-state index is -0.343. The average Bonchev–Trinajstić information content (AvgIpc) is 2.79. The van der Waals surface area contributed by atoms with Gasteiger partial charge in [-0.05, 0) is 53.4 Å². The van der Waals surface area contributed by atoms with E-state index in [1.807, 2.05) is 30.3 Å². The van der Waals surface area contributed by atoms with Gasteiger partial charge in [-0.2, -0.15) is 0 Å². The number of aryl methyl sites for hydroxylation is 1. The van der Waals surface area contributed by atoms with Gasteiger partial charge in [-0.15, -0.1) is 0 Å². The molecule has 0 spiro atoms. The van der Waals surface area contributed by atoms with E-state index < -0.39 is 0 Å². The third kappa shape index (κ3) is 5.99. The van der Waals surface area contributed by atoms with Crippen molar-refractivity contribution in [3.05, 3.63) is 101 Å². The zero-order chi connectivity index (χ0) is 22.2. The molecule has 1 atom stereocenters. The molecule has 0 unspecified atom stereocenters. The Kier molecular flexibility index (Phi) is 7.51. The molecule has 6 heteroatoms. The molecule has 5 nitrogen and oxygen atoms in total. The van der Waals surface area contributed by atoms with E-state index in [4.69, 9.17) is 0 Å². The van der Waals surface area contributed by atoms with Crippen LogP contribution in [-0.2, 0) is 11.2 Å². The van der Waals surface area contributed by atoms with Crippen molar-refractivity contribution >= 4 is 17.5 Å². The first kappa shape index (κ1) is 22.2. The third-order valence-electron chi connectivity index (χ3n) is 5.01. The topological polar surface area (TPSA) is 70.2 Å². The van der Waals surface area contributed by atoms with Crippen molar-refractivity contribution in [3.8, 4) is 0 Å². The average molecular weight is 420 g/mol. The fourth-order valence-electron chi connectivity index (χ4n) is 3.34. The molecule has 0 fully saturated rings. The van der Waals surface area contributed by atoms with Crippen LogP contribution >= 0.6 is 0 Å². The molecule has 0 saturated carbocycles. The molecular weight excluding hydrogens is 393 g/mol. The van der Waals surface area contributed by atoms with Gasteiger partial charge in [-0.25, -0.2) is 4.39 Å². The maximum atomic E-state index is 13.8. The lowest BCUT2D eigenvalue weighted by molar-refractivity contribution is -0.115. The Morgan fingerprint density at radius 3 is 2.35 bits per heavy atom. The van der Waals surface area contributed by atoms with Crippen LogP contribution in [0.25, 0.3) is 0 Å². The van der Waals surface area contributed by atoms with E-state index in [1.165, 1.54) is 17.7 Å². The molecule has 0 aromatic heterocycles. The highest BCUT2D eigenvalue weighted by Gasteiger charge is 2.16. The first-order valence-corrected chi connectivity index (χ1v) is 10.2. The Bertz CT molecular complexity index is 1050. The van der Waals surface area contributed by atoms with Gasteiger partial charge in [0.2, 0.25) is 5.91 Å². The summed E-state index contributed by atoms with van der Waals surface area (Å²) >= 11 is 0. The molecule has 3 rings (SSSR count). The van der Waals surface area contributed by atoms with Gasteiger partial charge >= 0.3 is 0 Å². The van der Waals surface area contributed by atoms with Crippen LogP contribution in [0, 0.1) is 5.82 Å². The summed E-state index contributed by atoms with van der Waals surface area (Å²) in [7, 11) is 1.55. The van der Waals surface area contributed by atoms with Crippen molar-refractivity contribution < 1.29 is 14.0 Å². The van der Waals surface area contributed by atoms with Crippen LogP contribution in [0.15, 0.2) is 72.8 Å². The van der Waals surface area contributed by atoms with Crippen LogP contribution in [0.5, 0.6) is 0 Å². The van der Waals surface area contributed by atoms with Crippen molar-refractivity contribution in [2.24, 2.45) is 0 Å². The number of carbonyl (C=O) groups is 2. The molecule has 2 amide bonds. The van der Waals surface area contributed by atoms with Gasteiger partial charge < -0.3 is 10.6 Å². The van der Waals surface area contributed by atoms with Crippen molar-refractivity contribution in [1.29, 1.82) is 0 Å². The fourth-order valence-corrected chi connectivity index (χ4v) is 3.34. The van der Waals surface area contributed by atoms with E-state index in [0.29, 0.717) is 11.3 Å². The summed E-state index contributed by atoms with van der Waals surface area (Å²) in [6.45, 7) is 2.10. The molecule has 0 heterocycles. The number of halogens is 1. The first-order chi connectivity index (χ1) is 15.0. The van der Waals surface area contributed by atoms with Gasteiger partial charge in [-0.1, -0.05) is 49.4 Å². The van der Waals surface area contributed by atoms with Gasteiger partial charge in [0.05, 0.1) is 12.6 Å². The maximum Gasteiger partial charge on any atom is 0.251 e. The van der Waals surface area contributed by atoms with Crippen molar-refractivity contribution in [2.45, 2.75) is 19.4 Å². The lowest BCUT2D eigenvalue weighted by Gasteiger charge is -2.20. The SMILES string of the molecule is CCc1ccc([C@@H](NCC(=O)Nc2cccc(C(=O)NC)c2)c2cccc(F)c2)cc1. The van der Waals surface area contributed by atoms with Crippen LogP contribution in [0.4, 0.5) is 10.1 Å². The Labute approximate surface area is 181 Å². The summed E-state index contributed by atoms with van der Waals surface area (Å²) in [6, 6.07) is 20.8. The summed E-state index contributed by atoms with van der Waals surface area (Å²) < 4.78 is 13.8. The van der Waals surface area contributed by atoms with E-state index >= 15 is 0 Å². The summed E-state index contributed by atoms with van der Waals surface area (Å²) in [5.74, 6) is -0.818. The van der Waals surface area contributed by atoms with Crippen molar-refractivity contribution in [2.75, 3.05) is 18.9 Å². The number of carbonyl (C=O) groups excluding carboxylic acids is 2. The molecule has 3 aromatic carbocycles. The molecule has 3 N–H and O–H groups in total. The van der Waals surface area contributed by atoms with Gasteiger partial charge in [0.15, 0.2) is 0 Å². The predicted octanol–water partition coefficient (Wildman–Crippen LogP) is 4.07. The molecular formula is C25H26FN3O2. The second-order valence-electron chi connectivity index (χ2n) is 7.17. The fraction of sp³-hybridized carbons (Fsp3) is 0.200. The Hall–Kier alpha value is -3.51. The minimum absolute atomic E-state index is 0.0148. The number of rotatable bonds is 8. The highest BCUT2D eigenvalue weighted by Crippen LogP contribution is 2.23. The summed E-state index contributed by atoms with van der Waals surface area (Å²) in [5, 5.41) is 8.58. The Morgan fingerprint density at radius 2 is 1.68 bits per heavy atom. The summed E-state index contributed by atoms with van der Waals surface area (Å²) in [4.78, 5) is 24.3. The van der Waals surface area contributed by atoms with E-state index in [2.05, 4.69) is 22.9 Å². The van der Waals surface area contributed by atoms with Crippen molar-refractivity contribution in [3.63, 3.8) is 0 Å². The molecule has 3 aromatic rings. The van der Waals surface area contributed by atoms with Crippen LogP contribution in [0.1, 0.15) is 40.0 Å². The molecule has 0 aliphatic rings. The number of hydrogen-bond donors (Lipinski definition) is 3. The normalized spacial score (nSPS) is 11.6. The number of hydrogen-bond acceptors (Lipinski definition) is 3. The zero-order valence-corrected chi connectivity index (χ0v) is 17.6. The van der Waals surface area contributed by atoms with Crippen LogP contribution in [0.2, 0.25) is 0 Å². The number of nitrogens with one attached hydrogen (secondary N) is 3. The summed E-state index contributed by atoms with van der Waals surface area (Å²) in [6.07, 6.45) is 0.926. The minimum Gasteiger partial charge on any atom is -0.355 e. The molecule has 31 heavy (non-hydrogen) atoms. The third-order valence-corrected chi connectivity index (χ3v) is 5.01. The standard InChI is InChI=1S/C25H26FN3O2/c1-3-17-10-12-18(13-11-17)24(19-6-4-8-21(26)14-19)28-16-23(30)29-22-9-5-7-20(15-22)25(31)27-2/h4-15,24,28H,3,16H2,1-2H3,(H,27,31)(H,29,30)/t24-/m1/s1. The predicted molar refractivity (Wildman–Crippen MR) is 121 cm³/mol. The lowest BCUT2D eigenvalue weighted by atomic mass is 9.97. The van der Waals surface area contributed by atoms with E-state index in [-0.39, 0.29) is 30.2 Å². The van der Waals surface area contributed by atoms with Gasteiger partial charge in [0.25, 0.3) is 5.91 Å². The molecule has 0 radical (unpaired) electrons. The molecule has 160 valence electrons. The van der Waals surface area contributed by atoms with Crippen LogP contribution in [0.3, 0.4) is 0 Å².